The highest BCUT2D eigenvalue weighted by molar-refractivity contribution is 5.33. The highest BCUT2D eigenvalue weighted by Crippen LogP contribution is 2.46. The molecule has 2 unspecified atom stereocenters. The van der Waals surface area contributed by atoms with Crippen LogP contribution in [-0.4, -0.2) is 16.3 Å². The van der Waals surface area contributed by atoms with Crippen LogP contribution in [0.3, 0.4) is 0 Å². The van der Waals surface area contributed by atoms with Crippen LogP contribution in [0.15, 0.2) is 42.6 Å². The molecule has 0 spiro atoms. The molecular weight excluding hydrogens is 258 g/mol. The normalized spacial score (nSPS) is 24.9. The van der Waals surface area contributed by atoms with Crippen molar-refractivity contribution in [1.82, 2.24) is 9.78 Å². The molecule has 1 aromatic carbocycles. The minimum absolute atomic E-state index is 0.391. The monoisotopic (exact) mass is 283 g/mol. The van der Waals surface area contributed by atoms with E-state index in [2.05, 4.69) is 54.0 Å². The fourth-order valence-electron chi connectivity index (χ4n) is 3.65. The molecule has 1 aromatic heterocycles. The first-order valence-electron chi connectivity index (χ1n) is 7.90. The molecular formula is C18H25N3. The summed E-state index contributed by atoms with van der Waals surface area (Å²) in [6.45, 7) is 5.51. The molecule has 3 nitrogen and oxygen atoms in total. The smallest absolute Gasteiger partial charge is 0.0648 e. The van der Waals surface area contributed by atoms with Crippen molar-refractivity contribution in [3.8, 4) is 5.69 Å². The van der Waals surface area contributed by atoms with Crippen molar-refractivity contribution in [2.75, 3.05) is 6.54 Å². The van der Waals surface area contributed by atoms with Gasteiger partial charge in [0.25, 0.3) is 0 Å². The van der Waals surface area contributed by atoms with Crippen LogP contribution in [0.1, 0.15) is 44.7 Å². The highest BCUT2D eigenvalue weighted by Gasteiger charge is 2.36. The first-order valence-corrected chi connectivity index (χ1v) is 7.90. The molecule has 0 aliphatic heterocycles. The van der Waals surface area contributed by atoms with Gasteiger partial charge >= 0.3 is 0 Å². The number of benzene rings is 1. The van der Waals surface area contributed by atoms with Crippen molar-refractivity contribution < 1.29 is 0 Å². The first-order chi connectivity index (χ1) is 10.1. The number of hydrogen-bond donors (Lipinski definition) is 1. The number of aromatic nitrogens is 2. The Hall–Kier alpha value is -1.61. The molecule has 1 saturated carbocycles. The summed E-state index contributed by atoms with van der Waals surface area (Å²) in [6, 6.07) is 12.6. The number of nitrogens with zero attached hydrogens (tertiary/aromatic N) is 2. The second kappa shape index (κ2) is 5.64. The Bertz CT molecular complexity index is 586. The third kappa shape index (κ3) is 2.88. The zero-order valence-electron chi connectivity index (χ0n) is 13.0. The first kappa shape index (κ1) is 14.3. The summed E-state index contributed by atoms with van der Waals surface area (Å²) in [5, 5.41) is 4.55. The van der Waals surface area contributed by atoms with Gasteiger partial charge in [-0.1, -0.05) is 32.0 Å². The fourth-order valence-corrected chi connectivity index (χ4v) is 3.65. The molecule has 1 aliphatic carbocycles. The Kier molecular flexibility index (Phi) is 3.85. The summed E-state index contributed by atoms with van der Waals surface area (Å²) in [5.74, 6) is 1.07. The lowest BCUT2D eigenvalue weighted by atomic mass is 9.66. The van der Waals surface area contributed by atoms with Crippen LogP contribution in [0.4, 0.5) is 0 Å². The summed E-state index contributed by atoms with van der Waals surface area (Å²) in [6.07, 6.45) is 5.59. The molecule has 112 valence electrons. The van der Waals surface area contributed by atoms with E-state index in [1.165, 1.54) is 25.0 Å². The lowest BCUT2D eigenvalue weighted by molar-refractivity contribution is 0.162. The Balaban J connectivity index is 1.98. The van der Waals surface area contributed by atoms with E-state index in [-0.39, 0.29) is 0 Å². The van der Waals surface area contributed by atoms with Gasteiger partial charge in [0, 0.05) is 17.8 Å². The van der Waals surface area contributed by atoms with Crippen LogP contribution in [0.5, 0.6) is 0 Å². The molecule has 0 bridgehead atoms. The maximum atomic E-state index is 6.05. The average molecular weight is 283 g/mol. The van der Waals surface area contributed by atoms with Gasteiger partial charge in [-0.05, 0) is 55.3 Å². The molecule has 2 atom stereocenters. The van der Waals surface area contributed by atoms with E-state index in [0.29, 0.717) is 17.3 Å². The molecule has 3 rings (SSSR count). The topological polar surface area (TPSA) is 43.8 Å². The number of rotatable bonds is 3. The Labute approximate surface area is 127 Å². The van der Waals surface area contributed by atoms with E-state index >= 15 is 0 Å². The maximum Gasteiger partial charge on any atom is 0.0648 e. The van der Waals surface area contributed by atoms with E-state index in [0.717, 1.165) is 12.2 Å². The van der Waals surface area contributed by atoms with E-state index in [1.54, 1.807) is 0 Å². The summed E-state index contributed by atoms with van der Waals surface area (Å²) in [5.41, 5.74) is 8.88. The van der Waals surface area contributed by atoms with Gasteiger partial charge in [0.15, 0.2) is 0 Å². The van der Waals surface area contributed by atoms with Crippen molar-refractivity contribution in [3.05, 3.63) is 48.3 Å². The van der Waals surface area contributed by atoms with Crippen molar-refractivity contribution in [2.45, 2.75) is 39.0 Å². The van der Waals surface area contributed by atoms with Crippen LogP contribution < -0.4 is 5.73 Å². The van der Waals surface area contributed by atoms with Gasteiger partial charge in [-0.3, -0.25) is 0 Å². The van der Waals surface area contributed by atoms with Gasteiger partial charge in [-0.25, -0.2) is 4.68 Å². The predicted octanol–water partition coefficient (Wildman–Crippen LogP) is 3.74. The lowest BCUT2D eigenvalue weighted by Gasteiger charge is -2.40. The molecule has 3 heteroatoms. The summed E-state index contributed by atoms with van der Waals surface area (Å²) in [7, 11) is 0. The number of para-hydroxylation sites is 1. The summed E-state index contributed by atoms with van der Waals surface area (Å²) < 4.78 is 2.09. The van der Waals surface area contributed by atoms with Gasteiger partial charge in [0.2, 0.25) is 0 Å². The highest BCUT2D eigenvalue weighted by atomic mass is 15.3. The van der Waals surface area contributed by atoms with Crippen molar-refractivity contribution >= 4 is 0 Å². The van der Waals surface area contributed by atoms with Gasteiger partial charge in [0.05, 0.1) is 5.69 Å². The van der Waals surface area contributed by atoms with Crippen LogP contribution in [0.2, 0.25) is 0 Å². The standard InChI is InChI=1S/C18H25N3/c1-18(2)10-8-14(13-19)16(12-18)17-9-11-20-21(17)15-6-4-3-5-7-15/h3-7,9,11,14,16H,8,10,12-13,19H2,1-2H3. The Morgan fingerprint density at radius 3 is 2.71 bits per heavy atom. The quantitative estimate of drug-likeness (QED) is 0.932. The predicted molar refractivity (Wildman–Crippen MR) is 86.5 cm³/mol. The van der Waals surface area contributed by atoms with Gasteiger partial charge in [0.1, 0.15) is 0 Å². The minimum Gasteiger partial charge on any atom is -0.330 e. The molecule has 2 N–H and O–H groups in total. The van der Waals surface area contributed by atoms with E-state index < -0.39 is 0 Å². The zero-order valence-corrected chi connectivity index (χ0v) is 13.0. The summed E-state index contributed by atoms with van der Waals surface area (Å²) >= 11 is 0. The second-order valence-electron chi connectivity index (χ2n) is 7.01. The molecule has 1 heterocycles. The van der Waals surface area contributed by atoms with Crippen molar-refractivity contribution in [1.29, 1.82) is 0 Å². The molecule has 0 amide bonds. The van der Waals surface area contributed by atoms with E-state index in [4.69, 9.17) is 5.73 Å². The zero-order chi connectivity index (χ0) is 14.9. The van der Waals surface area contributed by atoms with E-state index in [9.17, 15) is 0 Å². The largest absolute Gasteiger partial charge is 0.330 e. The Morgan fingerprint density at radius 2 is 2.00 bits per heavy atom. The molecule has 0 saturated heterocycles. The van der Waals surface area contributed by atoms with Crippen LogP contribution >= 0.6 is 0 Å². The fraction of sp³-hybridized carbons (Fsp3) is 0.500. The summed E-state index contributed by atoms with van der Waals surface area (Å²) in [4.78, 5) is 0. The van der Waals surface area contributed by atoms with Crippen molar-refractivity contribution in [3.63, 3.8) is 0 Å². The molecule has 0 radical (unpaired) electrons. The van der Waals surface area contributed by atoms with Crippen molar-refractivity contribution in [2.24, 2.45) is 17.1 Å². The minimum atomic E-state index is 0.391. The van der Waals surface area contributed by atoms with Gasteiger partial charge in [-0.2, -0.15) is 5.10 Å². The maximum absolute atomic E-state index is 6.05. The third-order valence-corrected chi connectivity index (χ3v) is 4.89. The second-order valence-corrected chi connectivity index (χ2v) is 7.01. The molecule has 2 aromatic rings. The number of nitrogens with two attached hydrogens (primary N) is 1. The Morgan fingerprint density at radius 1 is 1.24 bits per heavy atom. The van der Waals surface area contributed by atoms with Gasteiger partial charge in [-0.15, -0.1) is 0 Å². The van der Waals surface area contributed by atoms with Crippen LogP contribution in [0.25, 0.3) is 5.69 Å². The van der Waals surface area contributed by atoms with Crippen LogP contribution in [-0.2, 0) is 0 Å². The SMILES string of the molecule is CC1(C)CCC(CN)C(c2ccnn2-c2ccccc2)C1. The molecule has 1 fully saturated rings. The number of hydrogen-bond acceptors (Lipinski definition) is 2. The average Bonchev–Trinajstić information content (AvgIpc) is 2.96. The lowest BCUT2D eigenvalue weighted by Crippen LogP contribution is -2.33. The van der Waals surface area contributed by atoms with Crippen LogP contribution in [0, 0.1) is 11.3 Å². The van der Waals surface area contributed by atoms with Gasteiger partial charge < -0.3 is 5.73 Å². The molecule has 1 aliphatic rings. The van der Waals surface area contributed by atoms with E-state index in [1.807, 2.05) is 12.3 Å². The molecule has 21 heavy (non-hydrogen) atoms. The third-order valence-electron chi connectivity index (χ3n) is 4.89.